The predicted molar refractivity (Wildman–Crippen MR) is 98.7 cm³/mol. The number of hydrogen-bond acceptors (Lipinski definition) is 6. The second-order valence-electron chi connectivity index (χ2n) is 7.36. The van der Waals surface area contributed by atoms with Crippen molar-refractivity contribution in [2.75, 3.05) is 26.7 Å². The van der Waals surface area contributed by atoms with Gasteiger partial charge in [-0.3, -0.25) is 0 Å². The number of aliphatic hydroxyl groups excluding tert-OH is 1. The van der Waals surface area contributed by atoms with E-state index in [2.05, 4.69) is 16.0 Å². The molecule has 7 nitrogen and oxygen atoms in total. The smallest absolute Gasteiger partial charge is 0.407 e. The molecule has 2 fully saturated rings. The quantitative estimate of drug-likeness (QED) is 0.548. The zero-order chi connectivity index (χ0) is 20.1. The maximum absolute atomic E-state index is 13.1. The Balaban J connectivity index is 1.44. The topological polar surface area (TPSA) is 91.8 Å². The van der Waals surface area contributed by atoms with Crippen molar-refractivity contribution in [3.8, 4) is 5.75 Å². The third kappa shape index (κ3) is 5.52. The summed E-state index contributed by atoms with van der Waals surface area (Å²) in [5.74, 6) is -1.93. The lowest BCUT2D eigenvalue weighted by molar-refractivity contribution is 0.0182. The molecule has 4 N–H and O–H groups in total. The van der Waals surface area contributed by atoms with E-state index in [1.165, 1.54) is 0 Å². The summed E-state index contributed by atoms with van der Waals surface area (Å²) in [4.78, 5) is 12.1. The van der Waals surface area contributed by atoms with E-state index in [9.17, 15) is 18.7 Å². The number of benzene rings is 1. The monoisotopic (exact) mass is 399 g/mol. The van der Waals surface area contributed by atoms with Crippen LogP contribution in [-0.4, -0.2) is 68.2 Å². The number of hydrogen-bond donors (Lipinski definition) is 4. The first kappa shape index (κ1) is 20.8. The predicted octanol–water partition coefficient (Wildman–Crippen LogP) is 1.05. The molecule has 0 saturated carbocycles. The average molecular weight is 399 g/mol. The highest BCUT2D eigenvalue weighted by Gasteiger charge is 2.39. The average Bonchev–Trinajstić information content (AvgIpc) is 3.18. The third-order valence-electron chi connectivity index (χ3n) is 5.18. The lowest BCUT2D eigenvalue weighted by atomic mass is 10.0. The Morgan fingerprint density at radius 2 is 2.07 bits per heavy atom. The Bertz CT molecular complexity index is 659. The van der Waals surface area contributed by atoms with Gasteiger partial charge in [-0.1, -0.05) is 12.1 Å². The van der Waals surface area contributed by atoms with Crippen LogP contribution in [0, 0.1) is 0 Å². The zero-order valence-corrected chi connectivity index (χ0v) is 15.8. The van der Waals surface area contributed by atoms with Gasteiger partial charge in [0.25, 0.3) is 5.92 Å². The molecule has 2 saturated heterocycles. The highest BCUT2D eigenvalue weighted by Crippen LogP contribution is 2.26. The largest absolute Gasteiger partial charge is 0.497 e. The summed E-state index contributed by atoms with van der Waals surface area (Å²) in [7, 11) is 1.60. The van der Waals surface area contributed by atoms with E-state index in [-0.39, 0.29) is 31.6 Å². The lowest BCUT2D eigenvalue weighted by Crippen LogP contribution is -2.42. The molecule has 0 spiro atoms. The van der Waals surface area contributed by atoms with Gasteiger partial charge in [0.05, 0.1) is 19.7 Å². The van der Waals surface area contributed by atoms with Gasteiger partial charge in [0, 0.05) is 25.6 Å². The summed E-state index contributed by atoms with van der Waals surface area (Å²) in [6, 6.07) is 7.01. The summed E-state index contributed by atoms with van der Waals surface area (Å²) in [6.45, 7) is 0.237. The highest BCUT2D eigenvalue weighted by atomic mass is 19.3. The van der Waals surface area contributed by atoms with E-state index in [0.717, 1.165) is 11.3 Å². The minimum Gasteiger partial charge on any atom is -0.497 e. The number of rotatable bonds is 7. The van der Waals surface area contributed by atoms with E-state index >= 15 is 0 Å². The summed E-state index contributed by atoms with van der Waals surface area (Å²) >= 11 is 0. The highest BCUT2D eigenvalue weighted by molar-refractivity contribution is 5.67. The van der Waals surface area contributed by atoms with Crippen LogP contribution in [0.1, 0.15) is 18.4 Å². The number of halogens is 2. The minimum absolute atomic E-state index is 0.218. The standard InChI is InChI=1S/C19H27F2N3O4/c1-27-14-4-2-12(3-5-14)8-15-17(16(25)10-23-15)28-18(26)22-7-6-13-9-19(20,21)11-24-13/h2-5,13,15-17,23-25H,6-11H2,1H3,(H,22,26)/t13-,15-,16+,17+/m1/s1. The molecule has 9 heteroatoms. The van der Waals surface area contributed by atoms with Crippen LogP contribution < -0.4 is 20.7 Å². The van der Waals surface area contributed by atoms with Crippen molar-refractivity contribution in [2.24, 2.45) is 0 Å². The van der Waals surface area contributed by atoms with Crippen molar-refractivity contribution in [1.82, 2.24) is 16.0 Å². The molecule has 1 amide bonds. The molecule has 2 aliphatic heterocycles. The Labute approximate surface area is 162 Å². The Hall–Kier alpha value is -1.97. The number of carbonyl (C=O) groups is 1. The van der Waals surface area contributed by atoms with Gasteiger partial charge in [-0.05, 0) is 30.5 Å². The van der Waals surface area contributed by atoms with Gasteiger partial charge in [0.15, 0.2) is 0 Å². The van der Waals surface area contributed by atoms with Crippen LogP contribution in [0.25, 0.3) is 0 Å². The van der Waals surface area contributed by atoms with Gasteiger partial charge in [-0.15, -0.1) is 0 Å². The number of methoxy groups -OCH3 is 1. The number of ether oxygens (including phenoxy) is 2. The lowest BCUT2D eigenvalue weighted by Gasteiger charge is -2.22. The van der Waals surface area contributed by atoms with Crippen molar-refractivity contribution in [2.45, 2.75) is 49.5 Å². The van der Waals surface area contributed by atoms with Crippen LogP contribution in [-0.2, 0) is 11.2 Å². The molecule has 2 heterocycles. The number of carbonyl (C=O) groups excluding carboxylic acids is 1. The fourth-order valence-electron chi connectivity index (χ4n) is 3.65. The van der Waals surface area contributed by atoms with E-state index in [4.69, 9.17) is 9.47 Å². The Morgan fingerprint density at radius 1 is 1.32 bits per heavy atom. The van der Waals surface area contributed by atoms with E-state index in [1.54, 1.807) is 7.11 Å². The van der Waals surface area contributed by atoms with E-state index in [0.29, 0.717) is 19.4 Å². The van der Waals surface area contributed by atoms with Crippen LogP contribution in [0.3, 0.4) is 0 Å². The molecule has 1 aromatic rings. The maximum Gasteiger partial charge on any atom is 0.407 e. The Kier molecular flexibility index (Phi) is 6.69. The van der Waals surface area contributed by atoms with Gasteiger partial charge in [-0.2, -0.15) is 0 Å². The van der Waals surface area contributed by atoms with Crippen LogP contribution in [0.5, 0.6) is 5.75 Å². The van der Waals surface area contributed by atoms with Crippen LogP contribution in [0.2, 0.25) is 0 Å². The second kappa shape index (κ2) is 9.02. The van der Waals surface area contributed by atoms with Crippen LogP contribution >= 0.6 is 0 Å². The number of β-amino-alcohol motifs (C(OH)–C–C–N with tert-alkyl or cyclic N) is 1. The SMILES string of the molecule is COc1ccc(C[C@H]2NC[C@H](O)[C@H]2OC(=O)NCC[C@@H]2CC(F)(F)CN2)cc1. The second-order valence-corrected chi connectivity index (χ2v) is 7.36. The number of nitrogens with one attached hydrogen (secondary N) is 3. The summed E-state index contributed by atoms with van der Waals surface area (Å²) in [5, 5.41) is 18.6. The molecule has 3 rings (SSSR count). The van der Waals surface area contributed by atoms with Crippen molar-refractivity contribution in [3.63, 3.8) is 0 Å². The summed E-state index contributed by atoms with van der Waals surface area (Å²) < 4.78 is 36.8. The number of alkyl halides is 2. The van der Waals surface area contributed by atoms with Crippen molar-refractivity contribution in [1.29, 1.82) is 0 Å². The number of amides is 1. The van der Waals surface area contributed by atoms with Gasteiger partial charge in [0.1, 0.15) is 18.0 Å². The fourth-order valence-corrected chi connectivity index (χ4v) is 3.65. The van der Waals surface area contributed by atoms with Crippen molar-refractivity contribution in [3.05, 3.63) is 29.8 Å². The first-order chi connectivity index (χ1) is 13.4. The molecule has 0 unspecified atom stereocenters. The first-order valence-corrected chi connectivity index (χ1v) is 9.46. The first-order valence-electron chi connectivity index (χ1n) is 9.46. The maximum atomic E-state index is 13.1. The van der Waals surface area contributed by atoms with Crippen molar-refractivity contribution < 1.29 is 28.2 Å². The molecule has 2 aliphatic rings. The molecule has 1 aromatic carbocycles. The molecule has 0 aromatic heterocycles. The van der Waals surface area contributed by atoms with Gasteiger partial charge in [-0.25, -0.2) is 13.6 Å². The van der Waals surface area contributed by atoms with E-state index < -0.39 is 24.2 Å². The molecule has 156 valence electrons. The molecular weight excluding hydrogens is 372 g/mol. The van der Waals surface area contributed by atoms with Crippen LogP contribution in [0.4, 0.5) is 13.6 Å². The molecule has 0 bridgehead atoms. The fraction of sp³-hybridized carbons (Fsp3) is 0.632. The minimum atomic E-state index is -2.68. The summed E-state index contributed by atoms with van der Waals surface area (Å²) in [6.07, 6.45) is -1.39. The molecule has 0 aliphatic carbocycles. The van der Waals surface area contributed by atoms with Crippen molar-refractivity contribution >= 4 is 6.09 Å². The summed E-state index contributed by atoms with van der Waals surface area (Å²) in [5.41, 5.74) is 1.02. The van der Waals surface area contributed by atoms with E-state index in [1.807, 2.05) is 24.3 Å². The normalized spacial score (nSPS) is 28.9. The number of alkyl carbamates (subject to hydrolysis) is 1. The van der Waals surface area contributed by atoms with Gasteiger partial charge in [0.2, 0.25) is 0 Å². The van der Waals surface area contributed by atoms with Crippen LogP contribution in [0.15, 0.2) is 24.3 Å². The third-order valence-corrected chi connectivity index (χ3v) is 5.18. The molecule has 0 radical (unpaired) electrons. The molecule has 28 heavy (non-hydrogen) atoms. The number of aliphatic hydroxyl groups is 1. The van der Waals surface area contributed by atoms with Gasteiger partial charge >= 0.3 is 6.09 Å². The molecular formula is C19H27F2N3O4. The Morgan fingerprint density at radius 3 is 2.71 bits per heavy atom. The molecule has 4 atom stereocenters. The zero-order valence-electron chi connectivity index (χ0n) is 15.8. The van der Waals surface area contributed by atoms with Gasteiger partial charge < -0.3 is 30.5 Å².